The lowest BCUT2D eigenvalue weighted by Crippen LogP contribution is -2.08. The summed E-state index contributed by atoms with van der Waals surface area (Å²) >= 11 is 0. The van der Waals surface area contributed by atoms with Crippen molar-refractivity contribution in [2.45, 2.75) is 11.1 Å². The van der Waals surface area contributed by atoms with Gasteiger partial charge in [-0.15, -0.1) is 0 Å². The van der Waals surface area contributed by atoms with Crippen LogP contribution in [0.2, 0.25) is 0 Å². The van der Waals surface area contributed by atoms with Crippen LogP contribution >= 0.6 is 0 Å². The molecule has 0 radical (unpaired) electrons. The van der Waals surface area contributed by atoms with Crippen molar-refractivity contribution in [2.24, 2.45) is 0 Å². The quantitative estimate of drug-likeness (QED) is 0.511. The Balaban J connectivity index is 1.76. The van der Waals surface area contributed by atoms with Gasteiger partial charge < -0.3 is 5.32 Å². The van der Waals surface area contributed by atoms with Gasteiger partial charge in [-0.1, -0.05) is 18.2 Å². The van der Waals surface area contributed by atoms with Crippen LogP contribution in [0.5, 0.6) is 0 Å². The van der Waals surface area contributed by atoms with Crippen molar-refractivity contribution in [1.29, 1.82) is 0 Å². The first kappa shape index (κ1) is 19.9. The molecule has 0 aliphatic heterocycles. The molecule has 2 aromatic heterocycles. The Labute approximate surface area is 169 Å². The predicted molar refractivity (Wildman–Crippen MR) is 107 cm³/mol. The van der Waals surface area contributed by atoms with Crippen molar-refractivity contribution in [3.63, 3.8) is 0 Å². The molecule has 2 heterocycles. The van der Waals surface area contributed by atoms with E-state index >= 15 is 0 Å². The second-order valence-corrected chi connectivity index (χ2v) is 8.62. The largest absolute Gasteiger partial charge is 0.435 e. The topological polar surface area (TPSA) is 76.9 Å². The number of hydrogen-bond donors (Lipinski definition) is 1. The minimum absolute atomic E-state index is 0.177. The number of hydrogen-bond acceptors (Lipinski definition) is 5. The van der Waals surface area contributed by atoms with Crippen LogP contribution in [0.25, 0.3) is 16.6 Å². The predicted octanol–water partition coefficient (Wildman–Crippen LogP) is 4.59. The maximum atomic E-state index is 13.0. The molecule has 0 amide bonds. The van der Waals surface area contributed by atoms with Crippen molar-refractivity contribution in [3.05, 3.63) is 72.6 Å². The zero-order valence-electron chi connectivity index (χ0n) is 15.6. The molecule has 0 fully saturated rings. The van der Waals surface area contributed by atoms with E-state index in [0.29, 0.717) is 28.1 Å². The molecule has 0 aliphatic rings. The summed E-state index contributed by atoms with van der Waals surface area (Å²) in [7, 11) is -3.32. The molecule has 0 saturated heterocycles. The Morgan fingerprint density at radius 3 is 2.33 bits per heavy atom. The number of pyridine rings is 1. The van der Waals surface area contributed by atoms with Crippen LogP contribution in [0.15, 0.2) is 71.8 Å². The van der Waals surface area contributed by atoms with Gasteiger partial charge in [0.15, 0.2) is 15.5 Å². The highest BCUT2D eigenvalue weighted by Gasteiger charge is 2.33. The number of halogens is 3. The molecule has 6 nitrogen and oxygen atoms in total. The van der Waals surface area contributed by atoms with Gasteiger partial charge >= 0.3 is 6.18 Å². The van der Waals surface area contributed by atoms with Crippen LogP contribution in [-0.4, -0.2) is 29.4 Å². The average Bonchev–Trinajstić information content (AvgIpc) is 3.18. The van der Waals surface area contributed by atoms with Gasteiger partial charge in [0, 0.05) is 29.6 Å². The third kappa shape index (κ3) is 3.99. The lowest BCUT2D eigenvalue weighted by atomic mass is 10.2. The second kappa shape index (κ2) is 7.13. The maximum absolute atomic E-state index is 13.0. The molecular weight excluding hydrogens is 417 g/mol. The Kier molecular flexibility index (Phi) is 4.73. The molecule has 10 heteroatoms. The monoisotopic (exact) mass is 432 g/mol. The molecular formula is C20H15F3N4O2S. The van der Waals surface area contributed by atoms with Crippen molar-refractivity contribution in [2.75, 3.05) is 11.6 Å². The zero-order valence-corrected chi connectivity index (χ0v) is 16.4. The minimum Gasteiger partial charge on any atom is -0.340 e. The van der Waals surface area contributed by atoms with Gasteiger partial charge in [0.1, 0.15) is 5.82 Å². The Morgan fingerprint density at radius 1 is 1.00 bits per heavy atom. The summed E-state index contributed by atoms with van der Waals surface area (Å²) in [5.74, 6) is 0.375. The molecule has 154 valence electrons. The van der Waals surface area contributed by atoms with E-state index in [4.69, 9.17) is 0 Å². The Bertz CT molecular complexity index is 1330. The van der Waals surface area contributed by atoms with E-state index in [-0.39, 0.29) is 4.90 Å². The highest BCUT2D eigenvalue weighted by atomic mass is 32.2. The fourth-order valence-corrected chi connectivity index (χ4v) is 3.58. The maximum Gasteiger partial charge on any atom is 0.435 e. The third-order valence-electron chi connectivity index (χ3n) is 4.38. The number of alkyl halides is 3. The number of para-hydroxylation sites is 1. The van der Waals surface area contributed by atoms with Crippen molar-refractivity contribution in [3.8, 4) is 5.69 Å². The van der Waals surface area contributed by atoms with Gasteiger partial charge in [-0.05, 0) is 36.4 Å². The van der Waals surface area contributed by atoms with Crippen LogP contribution in [0, 0.1) is 0 Å². The highest BCUT2D eigenvalue weighted by Crippen LogP contribution is 2.30. The third-order valence-corrected chi connectivity index (χ3v) is 5.50. The number of nitrogens with zero attached hydrogens (tertiary/aromatic N) is 3. The van der Waals surface area contributed by atoms with Gasteiger partial charge in [0.25, 0.3) is 0 Å². The molecule has 0 aliphatic carbocycles. The SMILES string of the molecule is CS(=O)(=O)c1ccc(Nc2cc(-n3ccc(C(F)(F)F)n3)c3ccccc3n2)cc1. The first-order valence-corrected chi connectivity index (χ1v) is 10.6. The fourth-order valence-electron chi connectivity index (χ4n) is 2.95. The standard InChI is InChI=1S/C20H15F3N4O2S/c1-30(28,29)14-8-6-13(7-9-14)24-19-12-17(15-4-2-3-5-16(15)25-19)27-11-10-18(26-27)20(21,22)23/h2-12H,1H3,(H,24,25). The smallest absolute Gasteiger partial charge is 0.340 e. The summed E-state index contributed by atoms with van der Waals surface area (Å²) in [5.41, 5.74) is 0.572. The molecule has 0 spiro atoms. The lowest BCUT2D eigenvalue weighted by Gasteiger charge is -2.12. The summed E-state index contributed by atoms with van der Waals surface area (Å²) in [6, 6.07) is 15.6. The van der Waals surface area contributed by atoms with E-state index in [2.05, 4.69) is 15.4 Å². The summed E-state index contributed by atoms with van der Waals surface area (Å²) < 4.78 is 63.3. The van der Waals surface area contributed by atoms with Gasteiger partial charge in [-0.3, -0.25) is 0 Å². The fraction of sp³-hybridized carbons (Fsp3) is 0.100. The zero-order chi connectivity index (χ0) is 21.5. The van der Waals surface area contributed by atoms with Crippen molar-refractivity contribution >= 4 is 32.2 Å². The number of rotatable bonds is 4. The molecule has 4 aromatic rings. The minimum atomic E-state index is -4.55. The summed E-state index contributed by atoms with van der Waals surface area (Å²) in [5, 5.41) is 7.34. The highest BCUT2D eigenvalue weighted by molar-refractivity contribution is 7.90. The molecule has 0 saturated carbocycles. The van der Waals surface area contributed by atoms with E-state index in [1.807, 2.05) is 0 Å². The van der Waals surface area contributed by atoms with Gasteiger partial charge in [0.05, 0.1) is 16.1 Å². The number of anilines is 2. The van der Waals surface area contributed by atoms with Crippen LogP contribution < -0.4 is 5.32 Å². The van der Waals surface area contributed by atoms with E-state index in [1.165, 1.54) is 18.3 Å². The van der Waals surface area contributed by atoms with Crippen molar-refractivity contribution in [1.82, 2.24) is 14.8 Å². The van der Waals surface area contributed by atoms with Crippen LogP contribution in [0.3, 0.4) is 0 Å². The molecule has 4 rings (SSSR count). The van der Waals surface area contributed by atoms with Crippen LogP contribution in [0.1, 0.15) is 5.69 Å². The van der Waals surface area contributed by atoms with Crippen LogP contribution in [0.4, 0.5) is 24.7 Å². The van der Waals surface area contributed by atoms with Gasteiger partial charge in [0.2, 0.25) is 0 Å². The first-order chi connectivity index (χ1) is 14.1. The Morgan fingerprint density at radius 2 is 1.70 bits per heavy atom. The molecule has 0 bridgehead atoms. The second-order valence-electron chi connectivity index (χ2n) is 6.61. The number of fused-ring (bicyclic) bond motifs is 1. The van der Waals surface area contributed by atoms with Gasteiger partial charge in [-0.25, -0.2) is 18.1 Å². The lowest BCUT2D eigenvalue weighted by molar-refractivity contribution is -0.141. The molecule has 0 unspecified atom stereocenters. The molecule has 1 N–H and O–H groups in total. The molecule has 2 aromatic carbocycles. The summed E-state index contributed by atoms with van der Waals surface area (Å²) in [6.07, 6.45) is -2.18. The number of benzene rings is 2. The van der Waals surface area contributed by atoms with E-state index in [1.54, 1.807) is 42.5 Å². The molecule has 0 atom stereocenters. The summed E-state index contributed by atoms with van der Waals surface area (Å²) in [6.45, 7) is 0. The van der Waals surface area contributed by atoms with Gasteiger partial charge in [-0.2, -0.15) is 18.3 Å². The summed E-state index contributed by atoms with van der Waals surface area (Å²) in [4.78, 5) is 4.67. The normalized spacial score (nSPS) is 12.3. The van der Waals surface area contributed by atoms with Crippen molar-refractivity contribution < 1.29 is 21.6 Å². The van der Waals surface area contributed by atoms with E-state index in [9.17, 15) is 21.6 Å². The Hall–Kier alpha value is -3.40. The average molecular weight is 432 g/mol. The van der Waals surface area contributed by atoms with E-state index in [0.717, 1.165) is 17.0 Å². The number of nitrogens with one attached hydrogen (secondary N) is 1. The van der Waals surface area contributed by atoms with E-state index < -0.39 is 21.7 Å². The molecule has 30 heavy (non-hydrogen) atoms. The number of aromatic nitrogens is 3. The number of sulfone groups is 1. The van der Waals surface area contributed by atoms with Crippen LogP contribution in [-0.2, 0) is 16.0 Å². The first-order valence-electron chi connectivity index (χ1n) is 8.71.